The summed E-state index contributed by atoms with van der Waals surface area (Å²) >= 11 is 0. The standard InChI is InChI=1S/C27H57N.BrH/c1-2-3-4-5-6-7-8-9-10-11-12-13-14-15-16-17-18-19-20-21-22-23-24-25-26-27-28;/h2-28H2,1H3;1H. The molecule has 0 atom stereocenters. The van der Waals surface area contributed by atoms with Crippen molar-refractivity contribution in [1.82, 2.24) is 0 Å². The molecule has 2 heteroatoms. The Balaban J connectivity index is 0. The van der Waals surface area contributed by atoms with Crippen LogP contribution in [0.15, 0.2) is 0 Å². The van der Waals surface area contributed by atoms with Crippen molar-refractivity contribution in [2.24, 2.45) is 0 Å². The van der Waals surface area contributed by atoms with Gasteiger partial charge >= 0.3 is 0 Å². The van der Waals surface area contributed by atoms with Gasteiger partial charge in [0.15, 0.2) is 0 Å². The van der Waals surface area contributed by atoms with Crippen LogP contribution < -0.4 is 22.7 Å². The average molecular weight is 477 g/mol. The first-order valence-corrected chi connectivity index (χ1v) is 13.7. The maximum Gasteiger partial charge on any atom is 0.0739 e. The number of rotatable bonds is 25. The molecule has 178 valence electrons. The molecular weight excluding hydrogens is 418 g/mol. The number of unbranched alkanes of at least 4 members (excludes halogenated alkanes) is 24. The zero-order chi connectivity index (χ0) is 20.4. The molecule has 0 radical (unpaired) electrons. The topological polar surface area (TPSA) is 27.6 Å². The molecule has 0 heterocycles. The molecule has 0 amide bonds. The van der Waals surface area contributed by atoms with E-state index in [0.717, 1.165) is 6.54 Å². The third kappa shape index (κ3) is 30.7. The second kappa shape index (κ2) is 30.6. The number of hydrogen-bond donors (Lipinski definition) is 1. The van der Waals surface area contributed by atoms with Crippen molar-refractivity contribution < 1.29 is 22.7 Å². The van der Waals surface area contributed by atoms with Crippen molar-refractivity contribution in [2.45, 2.75) is 167 Å². The highest BCUT2D eigenvalue weighted by molar-refractivity contribution is 4.51. The number of halogens is 1. The Morgan fingerprint density at radius 1 is 0.310 bits per heavy atom. The fourth-order valence-corrected chi connectivity index (χ4v) is 4.32. The second-order valence-electron chi connectivity index (χ2n) is 9.34. The van der Waals surface area contributed by atoms with Gasteiger partial charge in [-0.05, 0) is 12.8 Å². The highest BCUT2D eigenvalue weighted by atomic mass is 79.9. The first-order valence-electron chi connectivity index (χ1n) is 13.7. The SMILES string of the molecule is CCCCCCCCCCCCCCCCCCCCCCCCCCC[NH3+].[Br-]. The van der Waals surface area contributed by atoms with Crippen LogP contribution in [-0.4, -0.2) is 6.54 Å². The molecule has 3 N–H and O–H groups in total. The smallest absolute Gasteiger partial charge is 0.0739 e. The Morgan fingerprint density at radius 3 is 0.655 bits per heavy atom. The Labute approximate surface area is 196 Å². The molecule has 0 saturated heterocycles. The lowest BCUT2D eigenvalue weighted by Gasteiger charge is -2.04. The summed E-state index contributed by atoms with van der Waals surface area (Å²) in [5, 5.41) is 0. The molecule has 0 aliphatic carbocycles. The molecule has 0 aliphatic rings. The first-order chi connectivity index (χ1) is 13.9. The van der Waals surface area contributed by atoms with E-state index in [9.17, 15) is 0 Å². The van der Waals surface area contributed by atoms with E-state index in [0.29, 0.717) is 0 Å². The largest absolute Gasteiger partial charge is 1.00 e. The van der Waals surface area contributed by atoms with E-state index in [-0.39, 0.29) is 17.0 Å². The van der Waals surface area contributed by atoms with Gasteiger partial charge in [-0.1, -0.05) is 155 Å². The molecule has 0 aromatic carbocycles. The summed E-state index contributed by atoms with van der Waals surface area (Å²) in [6, 6.07) is 0. The minimum absolute atomic E-state index is 0. The monoisotopic (exact) mass is 475 g/mol. The van der Waals surface area contributed by atoms with Crippen molar-refractivity contribution in [3.05, 3.63) is 0 Å². The Hall–Kier alpha value is 0.440. The lowest BCUT2D eigenvalue weighted by Crippen LogP contribution is -3.00. The highest BCUT2D eigenvalue weighted by Gasteiger charge is 1.96. The summed E-state index contributed by atoms with van der Waals surface area (Å²) in [6.07, 6.45) is 36.7. The number of hydrogen-bond acceptors (Lipinski definition) is 0. The molecule has 0 saturated carbocycles. The van der Waals surface area contributed by atoms with Gasteiger partial charge in [0, 0.05) is 0 Å². The van der Waals surface area contributed by atoms with Crippen LogP contribution in [0, 0.1) is 0 Å². The summed E-state index contributed by atoms with van der Waals surface area (Å²) in [7, 11) is 0. The molecule has 1 nitrogen and oxygen atoms in total. The molecule has 0 bridgehead atoms. The van der Waals surface area contributed by atoms with E-state index in [1.165, 1.54) is 161 Å². The Kier molecular flexibility index (Phi) is 33.4. The van der Waals surface area contributed by atoms with E-state index >= 15 is 0 Å². The summed E-state index contributed by atoms with van der Waals surface area (Å²) < 4.78 is 0. The third-order valence-electron chi connectivity index (χ3n) is 6.35. The van der Waals surface area contributed by atoms with Gasteiger partial charge < -0.3 is 22.7 Å². The molecule has 0 rings (SSSR count). The van der Waals surface area contributed by atoms with E-state index < -0.39 is 0 Å². The zero-order valence-electron chi connectivity index (χ0n) is 20.5. The molecule has 0 unspecified atom stereocenters. The Morgan fingerprint density at radius 2 is 0.483 bits per heavy atom. The van der Waals surface area contributed by atoms with Gasteiger partial charge in [-0.15, -0.1) is 0 Å². The van der Waals surface area contributed by atoms with Crippen LogP contribution in [0.3, 0.4) is 0 Å². The predicted octanol–water partition coefficient (Wildman–Crippen LogP) is 6.00. The summed E-state index contributed by atoms with van der Waals surface area (Å²) in [5.41, 5.74) is 3.91. The fraction of sp³-hybridized carbons (Fsp3) is 1.00. The van der Waals surface area contributed by atoms with Crippen LogP contribution in [0.25, 0.3) is 0 Å². The lowest BCUT2D eigenvalue weighted by atomic mass is 10.0. The summed E-state index contributed by atoms with van der Waals surface area (Å²) in [5.74, 6) is 0. The zero-order valence-corrected chi connectivity index (χ0v) is 22.1. The van der Waals surface area contributed by atoms with Gasteiger partial charge in [0.2, 0.25) is 0 Å². The van der Waals surface area contributed by atoms with Crippen molar-refractivity contribution in [3.63, 3.8) is 0 Å². The van der Waals surface area contributed by atoms with E-state index in [1.54, 1.807) is 0 Å². The van der Waals surface area contributed by atoms with E-state index in [4.69, 9.17) is 0 Å². The van der Waals surface area contributed by atoms with Gasteiger partial charge in [-0.25, -0.2) is 0 Å². The quantitative estimate of drug-likeness (QED) is 0.156. The average Bonchev–Trinajstić information content (AvgIpc) is 2.71. The minimum atomic E-state index is 0. The molecule has 0 aliphatic heterocycles. The van der Waals surface area contributed by atoms with Crippen LogP contribution in [0.2, 0.25) is 0 Å². The minimum Gasteiger partial charge on any atom is -1.00 e. The van der Waals surface area contributed by atoms with E-state index in [1.807, 2.05) is 0 Å². The molecular formula is C27H58BrN. The van der Waals surface area contributed by atoms with Crippen LogP contribution >= 0.6 is 0 Å². The van der Waals surface area contributed by atoms with Gasteiger partial charge in [-0.3, -0.25) is 0 Å². The lowest BCUT2D eigenvalue weighted by molar-refractivity contribution is -0.368. The third-order valence-corrected chi connectivity index (χ3v) is 6.35. The van der Waals surface area contributed by atoms with Gasteiger partial charge in [-0.2, -0.15) is 0 Å². The summed E-state index contributed by atoms with van der Waals surface area (Å²) in [4.78, 5) is 0. The molecule has 0 fully saturated rings. The van der Waals surface area contributed by atoms with Crippen molar-refractivity contribution >= 4 is 0 Å². The Bertz CT molecular complexity index is 231. The fourth-order valence-electron chi connectivity index (χ4n) is 4.32. The normalized spacial score (nSPS) is 11.0. The molecule has 0 spiro atoms. The highest BCUT2D eigenvalue weighted by Crippen LogP contribution is 2.15. The van der Waals surface area contributed by atoms with Crippen LogP contribution in [0.5, 0.6) is 0 Å². The van der Waals surface area contributed by atoms with E-state index in [2.05, 4.69) is 12.7 Å². The first kappa shape index (κ1) is 31.6. The molecule has 0 aromatic rings. The van der Waals surface area contributed by atoms with Crippen LogP contribution in [0.4, 0.5) is 0 Å². The van der Waals surface area contributed by atoms with Crippen LogP contribution in [0.1, 0.15) is 167 Å². The molecule has 29 heavy (non-hydrogen) atoms. The van der Waals surface area contributed by atoms with Crippen molar-refractivity contribution in [1.29, 1.82) is 0 Å². The van der Waals surface area contributed by atoms with Gasteiger partial charge in [0.25, 0.3) is 0 Å². The number of quaternary nitrogens is 1. The van der Waals surface area contributed by atoms with Crippen LogP contribution in [-0.2, 0) is 0 Å². The maximum atomic E-state index is 3.91. The maximum absolute atomic E-state index is 3.91. The van der Waals surface area contributed by atoms with Crippen molar-refractivity contribution in [3.8, 4) is 0 Å². The second-order valence-corrected chi connectivity index (χ2v) is 9.34. The van der Waals surface area contributed by atoms with Crippen molar-refractivity contribution in [2.75, 3.05) is 6.54 Å². The molecule has 0 aromatic heterocycles. The van der Waals surface area contributed by atoms with Gasteiger partial charge in [0.05, 0.1) is 6.54 Å². The van der Waals surface area contributed by atoms with Gasteiger partial charge in [0.1, 0.15) is 0 Å². The predicted molar refractivity (Wildman–Crippen MR) is 129 cm³/mol. The summed E-state index contributed by atoms with van der Waals surface area (Å²) in [6.45, 7) is 3.43.